The first-order valence-electron chi connectivity index (χ1n) is 6.59. The van der Waals surface area contributed by atoms with Crippen LogP contribution < -0.4 is 10.6 Å². The summed E-state index contributed by atoms with van der Waals surface area (Å²) in [5, 5.41) is 17.5. The summed E-state index contributed by atoms with van der Waals surface area (Å²) in [7, 11) is 0. The Labute approximate surface area is 115 Å². The highest BCUT2D eigenvalue weighted by molar-refractivity contribution is 6.01. The van der Waals surface area contributed by atoms with Crippen molar-refractivity contribution in [2.75, 3.05) is 18.4 Å². The predicted octanol–water partition coefficient (Wildman–Crippen LogP) is 0.751. The van der Waals surface area contributed by atoms with Crippen LogP contribution in [0, 0.1) is 6.92 Å². The molecule has 2 aromatic rings. The minimum atomic E-state index is -0.346. The molecule has 1 aliphatic rings. The lowest BCUT2D eigenvalue weighted by Gasteiger charge is -2.21. The quantitative estimate of drug-likeness (QED) is 0.858. The van der Waals surface area contributed by atoms with Crippen molar-refractivity contribution >= 4 is 11.8 Å². The molecular formula is C12H16N6O2. The van der Waals surface area contributed by atoms with Crippen LogP contribution in [-0.2, 0) is 0 Å². The fraction of sp³-hybridized carbons (Fsp3) is 0.500. The van der Waals surface area contributed by atoms with E-state index in [1.165, 1.54) is 0 Å². The van der Waals surface area contributed by atoms with E-state index in [-0.39, 0.29) is 11.6 Å². The van der Waals surface area contributed by atoms with Crippen LogP contribution in [0.3, 0.4) is 0 Å². The maximum absolute atomic E-state index is 12.0. The summed E-state index contributed by atoms with van der Waals surface area (Å²) in [5.74, 6) is -0.0368. The van der Waals surface area contributed by atoms with Gasteiger partial charge in [0.1, 0.15) is 0 Å². The maximum Gasteiger partial charge on any atom is 0.280 e. The highest BCUT2D eigenvalue weighted by Crippen LogP contribution is 2.17. The molecule has 0 aliphatic carbocycles. The zero-order chi connectivity index (χ0) is 13.9. The molecule has 1 saturated heterocycles. The topological polar surface area (TPSA) is 97.9 Å². The van der Waals surface area contributed by atoms with E-state index >= 15 is 0 Å². The molecule has 3 heterocycles. The highest BCUT2D eigenvalue weighted by Gasteiger charge is 2.19. The molecule has 8 nitrogen and oxygen atoms in total. The van der Waals surface area contributed by atoms with Crippen LogP contribution in [0.25, 0.3) is 0 Å². The molecule has 0 spiro atoms. The third kappa shape index (κ3) is 2.69. The smallest absolute Gasteiger partial charge is 0.280 e. The number of anilines is 1. The fourth-order valence-corrected chi connectivity index (χ4v) is 2.23. The summed E-state index contributed by atoms with van der Waals surface area (Å²) < 4.78 is 6.70. The molecular weight excluding hydrogens is 260 g/mol. The summed E-state index contributed by atoms with van der Waals surface area (Å²) >= 11 is 0. The first-order valence-corrected chi connectivity index (χ1v) is 6.59. The Hall–Kier alpha value is -2.22. The number of piperidine rings is 1. The van der Waals surface area contributed by atoms with E-state index < -0.39 is 0 Å². The molecule has 1 fully saturated rings. The van der Waals surface area contributed by atoms with Gasteiger partial charge in [0.05, 0.1) is 17.9 Å². The number of nitrogens with zero attached hydrogens (tertiary/aromatic N) is 4. The molecule has 2 N–H and O–H groups in total. The van der Waals surface area contributed by atoms with Gasteiger partial charge in [-0.2, -0.15) is 0 Å². The Morgan fingerprint density at radius 1 is 1.50 bits per heavy atom. The minimum absolute atomic E-state index is 0.276. The number of nitrogens with one attached hydrogen (secondary N) is 2. The largest absolute Gasteiger partial charge is 0.338 e. The van der Waals surface area contributed by atoms with Crippen LogP contribution in [0.5, 0.6) is 0 Å². The van der Waals surface area contributed by atoms with E-state index in [1.54, 1.807) is 23.9 Å². The summed E-state index contributed by atoms with van der Waals surface area (Å²) in [6, 6.07) is 1.95. The second kappa shape index (κ2) is 5.41. The average Bonchev–Trinajstić information content (AvgIpc) is 3.09. The number of amides is 1. The number of carbonyl (C=O) groups excluding carboxylic acids is 1. The number of hydrogen-bond donors (Lipinski definition) is 2. The monoisotopic (exact) mass is 276 g/mol. The van der Waals surface area contributed by atoms with Gasteiger partial charge < -0.3 is 9.84 Å². The maximum atomic E-state index is 12.0. The normalized spacial score (nSPS) is 16.2. The molecule has 106 valence electrons. The van der Waals surface area contributed by atoms with Crippen LogP contribution in [0.1, 0.15) is 35.1 Å². The van der Waals surface area contributed by atoms with Crippen molar-refractivity contribution in [3.8, 4) is 0 Å². The van der Waals surface area contributed by atoms with Crippen LogP contribution in [0.2, 0.25) is 0 Å². The molecule has 3 rings (SSSR count). The average molecular weight is 276 g/mol. The zero-order valence-electron chi connectivity index (χ0n) is 11.2. The van der Waals surface area contributed by atoms with E-state index in [0.717, 1.165) is 25.9 Å². The Bertz CT molecular complexity index is 599. The number of aromatic nitrogens is 4. The van der Waals surface area contributed by atoms with Crippen LogP contribution >= 0.6 is 0 Å². The van der Waals surface area contributed by atoms with Gasteiger partial charge in [-0.1, -0.05) is 10.4 Å². The van der Waals surface area contributed by atoms with Crippen molar-refractivity contribution < 1.29 is 9.32 Å². The lowest BCUT2D eigenvalue weighted by atomic mass is 10.1. The SMILES string of the molecule is Cc1cc(NC(=O)c2cn(C3CCNCC3)nn2)on1. The van der Waals surface area contributed by atoms with Gasteiger partial charge in [-0.25, -0.2) is 4.68 Å². The van der Waals surface area contributed by atoms with Crippen molar-refractivity contribution in [2.24, 2.45) is 0 Å². The zero-order valence-corrected chi connectivity index (χ0v) is 11.2. The van der Waals surface area contributed by atoms with Crippen LogP contribution in [-0.4, -0.2) is 39.1 Å². The van der Waals surface area contributed by atoms with Gasteiger partial charge in [-0.05, 0) is 32.9 Å². The highest BCUT2D eigenvalue weighted by atomic mass is 16.5. The fourth-order valence-electron chi connectivity index (χ4n) is 2.23. The molecule has 20 heavy (non-hydrogen) atoms. The standard InChI is InChI=1S/C12H16N6O2/c1-8-6-11(20-16-8)14-12(19)10-7-18(17-15-10)9-2-4-13-5-3-9/h6-7,9,13H,2-5H2,1H3,(H,14,19). The van der Waals surface area contributed by atoms with Crippen molar-refractivity contribution in [1.82, 2.24) is 25.5 Å². The van der Waals surface area contributed by atoms with Gasteiger partial charge in [0.2, 0.25) is 5.88 Å². The molecule has 0 saturated carbocycles. The molecule has 2 aromatic heterocycles. The number of hydrogen-bond acceptors (Lipinski definition) is 6. The Balaban J connectivity index is 1.67. The third-order valence-corrected chi connectivity index (χ3v) is 3.29. The van der Waals surface area contributed by atoms with Crippen molar-refractivity contribution in [2.45, 2.75) is 25.8 Å². The molecule has 0 atom stereocenters. The first-order chi connectivity index (χ1) is 9.72. The second-order valence-electron chi connectivity index (χ2n) is 4.85. The number of rotatable bonds is 3. The number of aryl methyl sites for hydroxylation is 1. The van der Waals surface area contributed by atoms with Gasteiger partial charge >= 0.3 is 0 Å². The Morgan fingerprint density at radius 3 is 3.00 bits per heavy atom. The second-order valence-corrected chi connectivity index (χ2v) is 4.85. The lowest BCUT2D eigenvalue weighted by molar-refractivity contribution is 0.101. The van der Waals surface area contributed by atoms with Crippen molar-refractivity contribution in [1.29, 1.82) is 0 Å². The van der Waals surface area contributed by atoms with Gasteiger partial charge in [-0.3, -0.25) is 10.1 Å². The van der Waals surface area contributed by atoms with E-state index in [1.807, 2.05) is 0 Å². The minimum Gasteiger partial charge on any atom is -0.338 e. The van der Waals surface area contributed by atoms with Crippen molar-refractivity contribution in [3.63, 3.8) is 0 Å². The van der Waals surface area contributed by atoms with Gasteiger partial charge in [0.15, 0.2) is 5.69 Å². The van der Waals surface area contributed by atoms with Crippen LogP contribution in [0.4, 0.5) is 5.88 Å². The van der Waals surface area contributed by atoms with E-state index in [9.17, 15) is 4.79 Å². The lowest BCUT2D eigenvalue weighted by Crippen LogP contribution is -2.29. The summed E-state index contributed by atoms with van der Waals surface area (Å²) in [6.07, 6.45) is 3.66. The molecule has 1 aliphatic heterocycles. The van der Waals surface area contributed by atoms with Gasteiger partial charge in [-0.15, -0.1) is 5.10 Å². The summed E-state index contributed by atoms with van der Waals surface area (Å²) in [5.41, 5.74) is 0.983. The molecule has 0 aromatic carbocycles. The number of carbonyl (C=O) groups is 1. The predicted molar refractivity (Wildman–Crippen MR) is 70.4 cm³/mol. The van der Waals surface area contributed by atoms with E-state index in [2.05, 4.69) is 26.1 Å². The molecule has 1 amide bonds. The summed E-state index contributed by atoms with van der Waals surface area (Å²) in [6.45, 7) is 3.71. The van der Waals surface area contributed by atoms with Crippen LogP contribution in [0.15, 0.2) is 16.8 Å². The molecule has 0 radical (unpaired) electrons. The molecule has 0 bridgehead atoms. The third-order valence-electron chi connectivity index (χ3n) is 3.29. The van der Waals surface area contributed by atoms with Gasteiger partial charge in [0.25, 0.3) is 5.91 Å². The van der Waals surface area contributed by atoms with Gasteiger partial charge in [0, 0.05) is 6.07 Å². The Morgan fingerprint density at radius 2 is 2.30 bits per heavy atom. The molecule has 0 unspecified atom stereocenters. The van der Waals surface area contributed by atoms with E-state index in [4.69, 9.17) is 4.52 Å². The summed E-state index contributed by atoms with van der Waals surface area (Å²) in [4.78, 5) is 12.0. The Kier molecular flexibility index (Phi) is 3.46. The van der Waals surface area contributed by atoms with Crippen molar-refractivity contribution in [3.05, 3.63) is 23.7 Å². The first kappa shape index (κ1) is 12.8. The van der Waals surface area contributed by atoms with E-state index in [0.29, 0.717) is 17.6 Å². The molecule has 8 heteroatoms.